The Labute approximate surface area is 116 Å². The average Bonchev–Trinajstić information content (AvgIpc) is 2.33. The lowest BCUT2D eigenvalue weighted by atomic mass is 9.80. The lowest BCUT2D eigenvalue weighted by Gasteiger charge is -2.30. The molecular weight excluding hydrogens is 307 g/mol. The van der Waals surface area contributed by atoms with Gasteiger partial charge in [0.15, 0.2) is 0 Å². The Balaban J connectivity index is 2.95. The molecule has 0 aliphatic carbocycles. The van der Waals surface area contributed by atoms with Gasteiger partial charge in [0.25, 0.3) is 0 Å². The van der Waals surface area contributed by atoms with Crippen molar-refractivity contribution in [3.8, 4) is 0 Å². The Kier molecular flexibility index (Phi) is 6.17. The number of hydrogen-bond acceptors (Lipinski definition) is 0. The van der Waals surface area contributed by atoms with Gasteiger partial charge in [0, 0.05) is 21.6 Å². The first kappa shape index (κ1) is 14.3. The van der Waals surface area contributed by atoms with Crippen LogP contribution in [-0.2, 0) is 5.41 Å². The number of hydrogen-bond donors (Lipinski definition) is 0. The van der Waals surface area contributed by atoms with E-state index in [4.69, 9.17) is 23.2 Å². The summed E-state index contributed by atoms with van der Waals surface area (Å²) in [7, 11) is 0. The van der Waals surface area contributed by atoms with Gasteiger partial charge in [0.05, 0.1) is 0 Å². The summed E-state index contributed by atoms with van der Waals surface area (Å²) in [6, 6.07) is 8.33. The van der Waals surface area contributed by atoms with Crippen LogP contribution in [0.25, 0.3) is 0 Å². The molecule has 0 unspecified atom stereocenters. The highest BCUT2D eigenvalue weighted by molar-refractivity contribution is 9.10. The zero-order valence-corrected chi connectivity index (χ0v) is 12.6. The molecule has 0 saturated carbocycles. The molecule has 0 nitrogen and oxygen atoms in total. The van der Waals surface area contributed by atoms with Gasteiger partial charge in [-0.1, -0.05) is 47.8 Å². The molecule has 1 rings (SSSR count). The fraction of sp³-hybridized carbons (Fsp3) is 0.538. The van der Waals surface area contributed by atoms with Crippen molar-refractivity contribution in [3.63, 3.8) is 0 Å². The molecule has 0 spiro atoms. The highest BCUT2D eigenvalue weighted by atomic mass is 79.9. The topological polar surface area (TPSA) is 0 Å². The summed E-state index contributed by atoms with van der Waals surface area (Å²) in [5.74, 6) is 1.16. The van der Waals surface area contributed by atoms with Crippen molar-refractivity contribution in [2.45, 2.75) is 31.6 Å². The predicted octanol–water partition coefficient (Wildman–Crippen LogP) is 5.35. The van der Waals surface area contributed by atoms with Gasteiger partial charge in [-0.3, -0.25) is 0 Å². The maximum atomic E-state index is 6.14. The lowest BCUT2D eigenvalue weighted by molar-refractivity contribution is 0.469. The molecule has 0 bridgehead atoms. The van der Waals surface area contributed by atoms with Crippen LogP contribution in [-0.4, -0.2) is 11.8 Å². The molecule has 0 radical (unpaired) electrons. The highest BCUT2D eigenvalue weighted by Gasteiger charge is 2.29. The Morgan fingerprint density at radius 2 is 1.69 bits per heavy atom. The van der Waals surface area contributed by atoms with Crippen molar-refractivity contribution in [2.75, 3.05) is 11.8 Å². The second-order valence-electron chi connectivity index (χ2n) is 4.16. The second kappa shape index (κ2) is 6.88. The van der Waals surface area contributed by atoms with Gasteiger partial charge in [-0.05, 0) is 24.1 Å². The third kappa shape index (κ3) is 3.38. The van der Waals surface area contributed by atoms with E-state index in [1.165, 1.54) is 12.0 Å². The molecule has 3 heteroatoms. The fourth-order valence-electron chi connectivity index (χ4n) is 1.79. The normalized spacial score (nSPS) is 11.8. The molecule has 0 atom stereocenters. The molecule has 1 aromatic rings. The van der Waals surface area contributed by atoms with Gasteiger partial charge < -0.3 is 0 Å². The van der Waals surface area contributed by atoms with E-state index in [2.05, 4.69) is 47.1 Å². The molecule has 0 aliphatic rings. The van der Waals surface area contributed by atoms with E-state index < -0.39 is 0 Å². The number of benzene rings is 1. The minimum absolute atomic E-state index is 0.0696. The maximum absolute atomic E-state index is 6.14. The van der Waals surface area contributed by atoms with E-state index in [1.54, 1.807) is 0 Å². The van der Waals surface area contributed by atoms with Crippen LogP contribution < -0.4 is 0 Å². The first-order valence-corrected chi connectivity index (χ1v) is 7.42. The van der Waals surface area contributed by atoms with Crippen molar-refractivity contribution in [1.82, 2.24) is 0 Å². The van der Waals surface area contributed by atoms with Gasteiger partial charge in [0.2, 0.25) is 0 Å². The molecule has 0 saturated heterocycles. The highest BCUT2D eigenvalue weighted by Crippen LogP contribution is 2.33. The summed E-state index contributed by atoms with van der Waals surface area (Å²) in [6.07, 6.45) is 3.39. The largest absolute Gasteiger partial charge is 0.126 e. The minimum atomic E-state index is -0.0696. The summed E-state index contributed by atoms with van der Waals surface area (Å²) in [4.78, 5) is 0. The van der Waals surface area contributed by atoms with Gasteiger partial charge in [-0.15, -0.1) is 23.2 Å². The van der Waals surface area contributed by atoms with Gasteiger partial charge >= 0.3 is 0 Å². The van der Waals surface area contributed by atoms with Crippen LogP contribution in [0.2, 0.25) is 0 Å². The predicted molar refractivity (Wildman–Crippen MR) is 76.8 cm³/mol. The zero-order valence-electron chi connectivity index (χ0n) is 9.48. The minimum Gasteiger partial charge on any atom is -0.126 e. The van der Waals surface area contributed by atoms with Crippen molar-refractivity contribution in [1.29, 1.82) is 0 Å². The average molecular weight is 324 g/mol. The second-order valence-corrected chi connectivity index (χ2v) is 5.61. The van der Waals surface area contributed by atoms with Crippen molar-refractivity contribution in [3.05, 3.63) is 34.3 Å². The van der Waals surface area contributed by atoms with Crippen LogP contribution in [0.3, 0.4) is 0 Å². The Hall–Kier alpha value is 0.280. The molecule has 1 aromatic carbocycles. The third-order valence-corrected chi connectivity index (χ3v) is 4.53. The first-order chi connectivity index (χ1) is 7.68. The van der Waals surface area contributed by atoms with Crippen LogP contribution >= 0.6 is 39.1 Å². The molecule has 16 heavy (non-hydrogen) atoms. The monoisotopic (exact) mass is 322 g/mol. The van der Waals surface area contributed by atoms with Crippen LogP contribution in [0, 0.1) is 0 Å². The maximum Gasteiger partial charge on any atom is 0.0332 e. The summed E-state index contributed by atoms with van der Waals surface area (Å²) in [5.41, 5.74) is 1.17. The van der Waals surface area contributed by atoms with Crippen LogP contribution in [0.4, 0.5) is 0 Å². The first-order valence-electron chi connectivity index (χ1n) is 5.56. The molecule has 0 aromatic heterocycles. The van der Waals surface area contributed by atoms with Gasteiger partial charge in [0.1, 0.15) is 0 Å². The van der Waals surface area contributed by atoms with Crippen molar-refractivity contribution < 1.29 is 0 Å². The number of alkyl halides is 2. The third-order valence-electron chi connectivity index (χ3n) is 2.98. The van der Waals surface area contributed by atoms with Gasteiger partial charge in [-0.2, -0.15) is 0 Å². The van der Waals surface area contributed by atoms with E-state index in [0.29, 0.717) is 11.8 Å². The van der Waals surface area contributed by atoms with E-state index in [9.17, 15) is 0 Å². The Morgan fingerprint density at radius 1 is 1.12 bits per heavy atom. The Bertz CT molecular complexity index is 304. The Morgan fingerprint density at radius 3 is 2.12 bits per heavy atom. The standard InChI is InChI=1S/C13H17BrCl2/c1-2-3-8-13(9-15,10-16)11-4-6-12(14)7-5-11/h4-7H,2-3,8-10H2,1H3. The van der Waals surface area contributed by atoms with Crippen molar-refractivity contribution in [2.24, 2.45) is 0 Å². The quantitative estimate of drug-likeness (QED) is 0.619. The molecule has 0 heterocycles. The van der Waals surface area contributed by atoms with Crippen LogP contribution in [0.5, 0.6) is 0 Å². The molecule has 90 valence electrons. The molecule has 0 N–H and O–H groups in total. The van der Waals surface area contributed by atoms with Crippen molar-refractivity contribution >= 4 is 39.1 Å². The SMILES string of the molecule is CCCCC(CCl)(CCl)c1ccc(Br)cc1. The summed E-state index contributed by atoms with van der Waals surface area (Å²) in [5, 5.41) is 0. The number of unbranched alkanes of at least 4 members (excludes halogenated alkanes) is 1. The van der Waals surface area contributed by atoms with Crippen LogP contribution in [0.1, 0.15) is 31.7 Å². The molecule has 0 aliphatic heterocycles. The number of halogens is 3. The zero-order chi connectivity index (χ0) is 12.0. The molecular formula is C13H17BrCl2. The summed E-state index contributed by atoms with van der Waals surface area (Å²) in [6.45, 7) is 2.19. The van der Waals surface area contributed by atoms with E-state index in [0.717, 1.165) is 17.3 Å². The molecule has 0 fully saturated rings. The van der Waals surface area contributed by atoms with Gasteiger partial charge in [-0.25, -0.2) is 0 Å². The summed E-state index contributed by atoms with van der Waals surface area (Å²) >= 11 is 15.7. The van der Waals surface area contributed by atoms with E-state index in [1.807, 2.05) is 0 Å². The molecule has 0 amide bonds. The van der Waals surface area contributed by atoms with Crippen LogP contribution in [0.15, 0.2) is 28.7 Å². The van der Waals surface area contributed by atoms with E-state index in [-0.39, 0.29) is 5.41 Å². The lowest BCUT2D eigenvalue weighted by Crippen LogP contribution is -2.30. The number of rotatable bonds is 6. The smallest absolute Gasteiger partial charge is 0.0332 e. The van der Waals surface area contributed by atoms with E-state index >= 15 is 0 Å². The fourth-order valence-corrected chi connectivity index (χ4v) is 2.91. The summed E-state index contributed by atoms with van der Waals surface area (Å²) < 4.78 is 1.09.